The van der Waals surface area contributed by atoms with Crippen LogP contribution in [0, 0.1) is 0 Å². The zero-order valence-electron chi connectivity index (χ0n) is 13.7. The Morgan fingerprint density at radius 1 is 1.08 bits per heavy atom. The van der Waals surface area contributed by atoms with Crippen LogP contribution in [0.1, 0.15) is 37.0 Å². The molecule has 0 radical (unpaired) electrons. The van der Waals surface area contributed by atoms with E-state index in [0.717, 1.165) is 5.56 Å². The third-order valence-electron chi connectivity index (χ3n) is 3.70. The van der Waals surface area contributed by atoms with E-state index in [0.29, 0.717) is 17.9 Å². The van der Waals surface area contributed by atoms with Gasteiger partial charge in [-0.25, -0.2) is 0 Å². The molecule has 2 aromatic rings. The van der Waals surface area contributed by atoms with Crippen molar-refractivity contribution in [1.82, 2.24) is 0 Å². The smallest absolute Gasteiger partial charge is 0.310 e. The number of benzene rings is 2. The number of carboxylic acid groups (broad SMARTS) is 1. The van der Waals surface area contributed by atoms with Crippen LogP contribution in [-0.4, -0.2) is 23.6 Å². The molecular formula is C19H21NO4. The molecule has 0 aromatic heterocycles. The Kier molecular flexibility index (Phi) is 6.09. The van der Waals surface area contributed by atoms with Crippen molar-refractivity contribution in [3.63, 3.8) is 0 Å². The first-order valence-electron chi connectivity index (χ1n) is 7.83. The highest BCUT2D eigenvalue weighted by atomic mass is 16.5. The van der Waals surface area contributed by atoms with Crippen LogP contribution in [0.15, 0.2) is 54.6 Å². The SMILES string of the molecule is CCOC(C(=O)Nc1cccc(C(C)C(=O)O)c1)c1ccccc1. The molecule has 5 heteroatoms. The molecule has 0 aliphatic rings. The Hall–Kier alpha value is -2.66. The summed E-state index contributed by atoms with van der Waals surface area (Å²) in [5.74, 6) is -1.84. The second-order valence-corrected chi connectivity index (χ2v) is 5.42. The molecule has 2 N–H and O–H groups in total. The maximum absolute atomic E-state index is 12.6. The van der Waals surface area contributed by atoms with E-state index in [9.17, 15) is 9.59 Å². The van der Waals surface area contributed by atoms with Gasteiger partial charge in [0.25, 0.3) is 5.91 Å². The molecule has 2 aromatic carbocycles. The Morgan fingerprint density at radius 2 is 1.75 bits per heavy atom. The minimum Gasteiger partial charge on any atom is -0.481 e. The largest absolute Gasteiger partial charge is 0.481 e. The lowest BCUT2D eigenvalue weighted by molar-refractivity contribution is -0.138. The fourth-order valence-corrected chi connectivity index (χ4v) is 2.35. The van der Waals surface area contributed by atoms with Crippen molar-refractivity contribution < 1.29 is 19.4 Å². The van der Waals surface area contributed by atoms with E-state index in [1.165, 1.54) is 0 Å². The fourth-order valence-electron chi connectivity index (χ4n) is 2.35. The molecule has 24 heavy (non-hydrogen) atoms. The standard InChI is InChI=1S/C19H21NO4/c1-3-24-17(14-8-5-4-6-9-14)18(21)20-16-11-7-10-15(12-16)13(2)19(22)23/h4-13,17H,3H2,1-2H3,(H,20,21)(H,22,23). The van der Waals surface area contributed by atoms with Gasteiger partial charge in [0.05, 0.1) is 5.92 Å². The summed E-state index contributed by atoms with van der Waals surface area (Å²) in [6, 6.07) is 16.1. The van der Waals surface area contributed by atoms with Crippen LogP contribution in [0.25, 0.3) is 0 Å². The molecule has 2 atom stereocenters. The third kappa shape index (κ3) is 4.43. The number of ether oxygens (including phenoxy) is 1. The van der Waals surface area contributed by atoms with Crippen molar-refractivity contribution in [2.45, 2.75) is 25.9 Å². The molecule has 2 unspecified atom stereocenters. The predicted molar refractivity (Wildman–Crippen MR) is 91.9 cm³/mol. The topological polar surface area (TPSA) is 75.6 Å². The number of anilines is 1. The van der Waals surface area contributed by atoms with E-state index in [2.05, 4.69) is 5.32 Å². The van der Waals surface area contributed by atoms with Crippen LogP contribution >= 0.6 is 0 Å². The van der Waals surface area contributed by atoms with Gasteiger partial charge in [-0.2, -0.15) is 0 Å². The van der Waals surface area contributed by atoms with Gasteiger partial charge in [0.1, 0.15) is 0 Å². The number of hydrogen-bond acceptors (Lipinski definition) is 3. The molecule has 2 rings (SSSR count). The van der Waals surface area contributed by atoms with E-state index in [-0.39, 0.29) is 5.91 Å². The maximum Gasteiger partial charge on any atom is 0.310 e. The molecule has 0 aliphatic carbocycles. The molecule has 0 bridgehead atoms. The average Bonchev–Trinajstić information content (AvgIpc) is 2.59. The fraction of sp³-hybridized carbons (Fsp3) is 0.263. The first kappa shape index (κ1) is 17.7. The normalized spacial score (nSPS) is 13.1. The molecule has 0 saturated carbocycles. The number of nitrogens with one attached hydrogen (secondary N) is 1. The van der Waals surface area contributed by atoms with Gasteiger partial charge in [-0.15, -0.1) is 0 Å². The monoisotopic (exact) mass is 327 g/mol. The maximum atomic E-state index is 12.6. The van der Waals surface area contributed by atoms with Crippen molar-refractivity contribution >= 4 is 17.6 Å². The Balaban J connectivity index is 2.18. The summed E-state index contributed by atoms with van der Waals surface area (Å²) in [7, 11) is 0. The summed E-state index contributed by atoms with van der Waals surface area (Å²) in [6.45, 7) is 3.84. The molecule has 0 heterocycles. The lowest BCUT2D eigenvalue weighted by Crippen LogP contribution is -2.23. The van der Waals surface area contributed by atoms with Crippen LogP contribution in [0.2, 0.25) is 0 Å². The zero-order chi connectivity index (χ0) is 17.5. The van der Waals surface area contributed by atoms with Crippen LogP contribution in [0.4, 0.5) is 5.69 Å². The van der Waals surface area contributed by atoms with Gasteiger partial charge in [-0.1, -0.05) is 42.5 Å². The van der Waals surface area contributed by atoms with Gasteiger partial charge >= 0.3 is 5.97 Å². The molecule has 0 saturated heterocycles. The van der Waals surface area contributed by atoms with Gasteiger partial charge in [0, 0.05) is 12.3 Å². The third-order valence-corrected chi connectivity index (χ3v) is 3.70. The van der Waals surface area contributed by atoms with Crippen molar-refractivity contribution in [3.8, 4) is 0 Å². The first-order valence-corrected chi connectivity index (χ1v) is 7.83. The van der Waals surface area contributed by atoms with E-state index in [1.807, 2.05) is 37.3 Å². The average molecular weight is 327 g/mol. The quantitative estimate of drug-likeness (QED) is 0.815. The number of carboxylic acids is 1. The van der Waals surface area contributed by atoms with E-state index < -0.39 is 18.0 Å². The summed E-state index contributed by atoms with van der Waals surface area (Å²) < 4.78 is 5.57. The highest BCUT2D eigenvalue weighted by molar-refractivity contribution is 5.95. The minimum atomic E-state index is -0.907. The summed E-state index contributed by atoms with van der Waals surface area (Å²) in [4.78, 5) is 23.7. The molecule has 5 nitrogen and oxygen atoms in total. The van der Waals surface area contributed by atoms with Crippen molar-refractivity contribution in [2.24, 2.45) is 0 Å². The summed E-state index contributed by atoms with van der Waals surface area (Å²) in [5.41, 5.74) is 1.95. The lowest BCUT2D eigenvalue weighted by Gasteiger charge is -2.18. The highest BCUT2D eigenvalue weighted by Crippen LogP contribution is 2.23. The number of amides is 1. The van der Waals surface area contributed by atoms with Crippen LogP contribution in [0.5, 0.6) is 0 Å². The zero-order valence-corrected chi connectivity index (χ0v) is 13.7. The highest BCUT2D eigenvalue weighted by Gasteiger charge is 2.21. The number of aliphatic carboxylic acids is 1. The van der Waals surface area contributed by atoms with Gasteiger partial charge in [0.15, 0.2) is 6.10 Å². The molecule has 0 fully saturated rings. The van der Waals surface area contributed by atoms with Crippen molar-refractivity contribution in [3.05, 3.63) is 65.7 Å². The second kappa shape index (κ2) is 8.26. The Morgan fingerprint density at radius 3 is 2.38 bits per heavy atom. The minimum absolute atomic E-state index is 0.289. The first-order chi connectivity index (χ1) is 11.5. The second-order valence-electron chi connectivity index (χ2n) is 5.42. The van der Waals surface area contributed by atoms with Crippen LogP contribution in [0.3, 0.4) is 0 Å². The van der Waals surface area contributed by atoms with E-state index in [1.54, 1.807) is 31.2 Å². The number of carbonyl (C=O) groups excluding carboxylic acids is 1. The molecular weight excluding hydrogens is 306 g/mol. The van der Waals surface area contributed by atoms with Gasteiger partial charge < -0.3 is 15.2 Å². The molecule has 0 aliphatic heterocycles. The summed E-state index contributed by atoms with van der Waals surface area (Å²) >= 11 is 0. The van der Waals surface area contributed by atoms with E-state index >= 15 is 0 Å². The van der Waals surface area contributed by atoms with Crippen molar-refractivity contribution in [2.75, 3.05) is 11.9 Å². The van der Waals surface area contributed by atoms with Gasteiger partial charge in [0.2, 0.25) is 0 Å². The number of hydrogen-bond donors (Lipinski definition) is 2. The number of carbonyl (C=O) groups is 2. The molecule has 0 spiro atoms. The molecule has 126 valence electrons. The Bertz CT molecular complexity index is 700. The van der Waals surface area contributed by atoms with Crippen LogP contribution in [-0.2, 0) is 14.3 Å². The van der Waals surface area contributed by atoms with Gasteiger partial charge in [-0.05, 0) is 37.1 Å². The lowest BCUT2D eigenvalue weighted by atomic mass is 10.0. The summed E-state index contributed by atoms with van der Waals surface area (Å²) in [6.07, 6.45) is -0.711. The molecule has 1 amide bonds. The summed E-state index contributed by atoms with van der Waals surface area (Å²) in [5, 5.41) is 11.9. The Labute approximate surface area is 141 Å². The predicted octanol–water partition coefficient (Wildman–Crippen LogP) is 3.59. The van der Waals surface area contributed by atoms with Gasteiger partial charge in [-0.3, -0.25) is 9.59 Å². The van der Waals surface area contributed by atoms with E-state index in [4.69, 9.17) is 9.84 Å². The van der Waals surface area contributed by atoms with Crippen LogP contribution < -0.4 is 5.32 Å². The number of rotatable bonds is 7. The van der Waals surface area contributed by atoms with Crippen molar-refractivity contribution in [1.29, 1.82) is 0 Å².